The van der Waals surface area contributed by atoms with E-state index in [4.69, 9.17) is 14.7 Å². The molecule has 43 heavy (non-hydrogen) atoms. The van der Waals surface area contributed by atoms with Crippen LogP contribution in [0.3, 0.4) is 0 Å². The van der Waals surface area contributed by atoms with Crippen molar-refractivity contribution in [2.75, 3.05) is 37.7 Å². The summed E-state index contributed by atoms with van der Waals surface area (Å²) in [4.78, 5) is 16.9. The largest absolute Gasteiger partial charge is 0.387 e. The van der Waals surface area contributed by atoms with Crippen molar-refractivity contribution in [3.63, 3.8) is 0 Å². The van der Waals surface area contributed by atoms with Crippen LogP contribution < -0.4 is 15.5 Å². The van der Waals surface area contributed by atoms with Crippen LogP contribution in [0.1, 0.15) is 30.2 Å². The molecule has 11 heteroatoms. The van der Waals surface area contributed by atoms with Crippen molar-refractivity contribution >= 4 is 17.0 Å². The number of hydrogen-bond acceptors (Lipinski definition) is 9. The van der Waals surface area contributed by atoms with E-state index in [1.165, 1.54) is 11.1 Å². The molecule has 4 aromatic rings. The SMILES string of the molecule is [O]C[C@H]1O[C@@H](n2cnc3c(N([C@]4(Cc5ccccc5)CCNC4)[C@]4(Cc5ccccc5)CCNC4)ncnc32)[C@H](O)[C@@H]1O. The molecule has 3 aliphatic rings. The van der Waals surface area contributed by atoms with Gasteiger partial charge in [0, 0.05) is 13.1 Å². The van der Waals surface area contributed by atoms with E-state index in [2.05, 4.69) is 69.0 Å². The number of hydrogen-bond donors (Lipinski definition) is 4. The van der Waals surface area contributed by atoms with E-state index in [1.807, 2.05) is 12.1 Å². The first-order chi connectivity index (χ1) is 21.0. The molecule has 2 aromatic carbocycles. The maximum Gasteiger partial charge on any atom is 0.167 e. The molecule has 0 amide bonds. The first kappa shape index (κ1) is 28.3. The Hall–Kier alpha value is -3.45. The van der Waals surface area contributed by atoms with Crippen molar-refractivity contribution in [2.24, 2.45) is 0 Å². The highest BCUT2D eigenvalue weighted by molar-refractivity contribution is 5.84. The molecule has 7 rings (SSSR count). The third kappa shape index (κ3) is 4.99. The van der Waals surface area contributed by atoms with E-state index in [9.17, 15) is 15.3 Å². The summed E-state index contributed by atoms with van der Waals surface area (Å²) in [6.45, 7) is 2.69. The van der Waals surface area contributed by atoms with Gasteiger partial charge in [0.1, 0.15) is 31.2 Å². The maximum atomic E-state index is 11.6. The minimum Gasteiger partial charge on any atom is -0.387 e. The molecule has 0 aliphatic carbocycles. The van der Waals surface area contributed by atoms with Crippen LogP contribution in [0.15, 0.2) is 73.3 Å². The zero-order valence-electron chi connectivity index (χ0n) is 24.0. The summed E-state index contributed by atoms with van der Waals surface area (Å²) < 4.78 is 7.42. The molecule has 0 spiro atoms. The number of nitrogens with zero attached hydrogens (tertiary/aromatic N) is 5. The van der Waals surface area contributed by atoms with E-state index in [-0.39, 0.29) is 11.1 Å². The first-order valence-corrected chi connectivity index (χ1v) is 15.1. The van der Waals surface area contributed by atoms with Gasteiger partial charge in [0.2, 0.25) is 0 Å². The fraction of sp³-hybridized carbons (Fsp3) is 0.469. The van der Waals surface area contributed by atoms with Crippen LogP contribution in [0, 0.1) is 0 Å². The van der Waals surface area contributed by atoms with Gasteiger partial charge in [0.25, 0.3) is 0 Å². The molecule has 11 nitrogen and oxygen atoms in total. The maximum absolute atomic E-state index is 11.6. The third-order valence-electron chi connectivity index (χ3n) is 9.47. The molecule has 3 aliphatic heterocycles. The number of benzene rings is 2. The molecular weight excluding hydrogens is 546 g/mol. The Morgan fingerprint density at radius 2 is 1.47 bits per heavy atom. The Kier molecular flexibility index (Phi) is 7.62. The van der Waals surface area contributed by atoms with Crippen molar-refractivity contribution in [3.05, 3.63) is 84.4 Å². The van der Waals surface area contributed by atoms with Crippen LogP contribution >= 0.6 is 0 Å². The lowest BCUT2D eigenvalue weighted by Crippen LogP contribution is -2.65. The molecule has 0 saturated carbocycles. The fourth-order valence-corrected chi connectivity index (χ4v) is 7.49. The number of nitrogens with one attached hydrogen (secondary N) is 2. The summed E-state index contributed by atoms with van der Waals surface area (Å²) in [5.74, 6) is 0.733. The average Bonchev–Trinajstić information content (AvgIpc) is 3.84. The molecular formula is C32H38N7O4. The highest BCUT2D eigenvalue weighted by Gasteiger charge is 2.53. The van der Waals surface area contributed by atoms with Crippen LogP contribution in [-0.4, -0.2) is 91.9 Å². The summed E-state index contributed by atoms with van der Waals surface area (Å²) in [5.41, 5.74) is 2.98. The Bertz CT molecular complexity index is 1460. The number of imidazole rings is 1. The number of aliphatic hydroxyl groups excluding tert-OH is 2. The Morgan fingerprint density at radius 3 is 1.98 bits per heavy atom. The summed E-state index contributed by atoms with van der Waals surface area (Å²) >= 11 is 0. The molecule has 3 fully saturated rings. The van der Waals surface area contributed by atoms with Crippen molar-refractivity contribution in [1.82, 2.24) is 30.2 Å². The standard InChI is InChI=1S/C32H38N7O4/c40-17-24-26(41)27(42)30(43-24)38-21-37-25-28(38)35-20-36-29(25)39(31(11-13-33-18-31)15-22-7-3-1-4-8-22)32(12-14-34-19-32)16-23-9-5-2-6-10-23/h1-10,20-21,24,26-27,30,33-34,41-42H,11-19H2/t24-,26-,27-,30-,31+,32+/m1/s1. The van der Waals surface area contributed by atoms with E-state index in [0.717, 1.165) is 57.7 Å². The lowest BCUT2D eigenvalue weighted by molar-refractivity contribution is -0.0623. The average molecular weight is 585 g/mol. The van der Waals surface area contributed by atoms with E-state index >= 15 is 0 Å². The van der Waals surface area contributed by atoms with Gasteiger partial charge < -0.3 is 30.5 Å². The van der Waals surface area contributed by atoms with Crippen molar-refractivity contribution in [2.45, 2.75) is 61.3 Å². The van der Waals surface area contributed by atoms with Crippen LogP contribution in [0.25, 0.3) is 11.2 Å². The normalized spacial score (nSPS) is 30.8. The second kappa shape index (κ2) is 11.6. The predicted octanol–water partition coefficient (Wildman–Crippen LogP) is 1.63. The van der Waals surface area contributed by atoms with Gasteiger partial charge in [-0.05, 0) is 49.9 Å². The quantitative estimate of drug-likeness (QED) is 0.231. The lowest BCUT2D eigenvalue weighted by atomic mass is 9.79. The van der Waals surface area contributed by atoms with E-state index in [0.29, 0.717) is 11.2 Å². The lowest BCUT2D eigenvalue weighted by Gasteiger charge is -2.52. The van der Waals surface area contributed by atoms with Crippen LogP contribution in [-0.2, 0) is 22.7 Å². The minimum atomic E-state index is -1.28. The molecule has 4 N–H and O–H groups in total. The van der Waals surface area contributed by atoms with Gasteiger partial charge in [-0.3, -0.25) is 4.57 Å². The Balaban J connectivity index is 1.39. The van der Waals surface area contributed by atoms with Gasteiger partial charge >= 0.3 is 0 Å². The fourth-order valence-electron chi connectivity index (χ4n) is 7.49. The molecule has 0 bridgehead atoms. The monoisotopic (exact) mass is 584 g/mol. The summed E-state index contributed by atoms with van der Waals surface area (Å²) in [6, 6.07) is 21.2. The minimum absolute atomic E-state index is 0.305. The van der Waals surface area contributed by atoms with Crippen LogP contribution in [0.4, 0.5) is 5.82 Å². The Morgan fingerprint density at radius 1 is 0.860 bits per heavy atom. The van der Waals surface area contributed by atoms with E-state index in [1.54, 1.807) is 17.2 Å². The first-order valence-electron chi connectivity index (χ1n) is 15.1. The second-order valence-electron chi connectivity index (χ2n) is 12.2. The van der Waals surface area contributed by atoms with Gasteiger partial charge in [-0.1, -0.05) is 60.7 Å². The summed E-state index contributed by atoms with van der Waals surface area (Å²) in [7, 11) is 0. The zero-order chi connectivity index (χ0) is 29.4. The number of fused-ring (bicyclic) bond motifs is 1. The zero-order valence-corrected chi connectivity index (χ0v) is 24.0. The molecule has 6 atom stereocenters. The topological polar surface area (TPSA) is 140 Å². The van der Waals surface area contributed by atoms with Crippen molar-refractivity contribution < 1.29 is 20.1 Å². The number of rotatable bonds is 9. The second-order valence-corrected chi connectivity index (χ2v) is 12.2. The van der Waals surface area contributed by atoms with Gasteiger partial charge in [-0.25, -0.2) is 20.1 Å². The molecule has 3 saturated heterocycles. The highest BCUT2D eigenvalue weighted by Crippen LogP contribution is 2.44. The molecule has 5 heterocycles. The molecule has 225 valence electrons. The van der Waals surface area contributed by atoms with E-state index < -0.39 is 31.1 Å². The molecule has 2 aromatic heterocycles. The predicted molar refractivity (Wildman–Crippen MR) is 160 cm³/mol. The van der Waals surface area contributed by atoms with Gasteiger partial charge in [-0.15, -0.1) is 0 Å². The molecule has 0 unspecified atom stereocenters. The molecule has 1 radical (unpaired) electrons. The smallest absolute Gasteiger partial charge is 0.167 e. The number of anilines is 1. The van der Waals surface area contributed by atoms with Crippen molar-refractivity contribution in [1.29, 1.82) is 0 Å². The summed E-state index contributed by atoms with van der Waals surface area (Å²) in [5, 5.41) is 40.1. The Labute approximate surface area is 250 Å². The van der Waals surface area contributed by atoms with Crippen LogP contribution in [0.2, 0.25) is 0 Å². The van der Waals surface area contributed by atoms with Gasteiger partial charge in [0.05, 0.1) is 17.4 Å². The number of aromatic nitrogens is 4. The number of aliphatic hydroxyl groups is 2. The van der Waals surface area contributed by atoms with Crippen LogP contribution in [0.5, 0.6) is 0 Å². The highest BCUT2D eigenvalue weighted by atomic mass is 16.6. The van der Waals surface area contributed by atoms with Gasteiger partial charge in [-0.2, -0.15) is 0 Å². The van der Waals surface area contributed by atoms with Crippen molar-refractivity contribution in [3.8, 4) is 0 Å². The summed E-state index contributed by atoms with van der Waals surface area (Å²) in [6.07, 6.45) is 2.06. The van der Waals surface area contributed by atoms with Gasteiger partial charge in [0.15, 0.2) is 23.2 Å². The number of ether oxygens (including phenoxy) is 1. The third-order valence-corrected chi connectivity index (χ3v) is 9.47.